The average Bonchev–Trinajstić information content (AvgIpc) is 2.88. The van der Waals surface area contributed by atoms with Crippen LogP contribution >= 0.6 is 0 Å². The molecule has 24 heavy (non-hydrogen) atoms. The zero-order valence-electron chi connectivity index (χ0n) is 13.3. The minimum atomic E-state index is -0.404. The molecule has 6 nitrogen and oxygen atoms in total. The zero-order valence-corrected chi connectivity index (χ0v) is 13.3. The Morgan fingerprint density at radius 2 is 2.00 bits per heavy atom. The molecule has 0 aliphatic rings. The molecule has 1 aromatic carbocycles. The summed E-state index contributed by atoms with van der Waals surface area (Å²) in [6.07, 6.45) is 1.29. The molecule has 0 unspecified atom stereocenters. The number of carbonyl (C=O) groups excluding carboxylic acids is 1. The van der Waals surface area contributed by atoms with Gasteiger partial charge in [-0.3, -0.25) is 4.79 Å². The number of carbonyl (C=O) groups is 1. The van der Waals surface area contributed by atoms with Gasteiger partial charge in [-0.2, -0.15) is 5.10 Å². The topological polar surface area (TPSA) is 72.7 Å². The van der Waals surface area contributed by atoms with E-state index < -0.39 is 5.82 Å². The lowest BCUT2D eigenvalue weighted by molar-refractivity contribution is -0.115. The van der Waals surface area contributed by atoms with E-state index in [0.29, 0.717) is 17.2 Å². The number of nitrogens with one attached hydrogen (secondary N) is 1. The van der Waals surface area contributed by atoms with Gasteiger partial charge in [0.25, 0.3) is 0 Å². The van der Waals surface area contributed by atoms with Crippen LogP contribution in [0.2, 0.25) is 0 Å². The second-order valence-corrected chi connectivity index (χ2v) is 5.42. The summed E-state index contributed by atoms with van der Waals surface area (Å²) in [6.45, 7) is 3.81. The van der Waals surface area contributed by atoms with Gasteiger partial charge in [-0.1, -0.05) is 18.2 Å². The molecule has 0 saturated heterocycles. The Bertz CT molecular complexity index is 890. The molecule has 0 aliphatic heterocycles. The molecule has 0 aliphatic carbocycles. The third kappa shape index (κ3) is 3.45. The van der Waals surface area contributed by atoms with Crippen LogP contribution in [-0.2, 0) is 11.2 Å². The lowest BCUT2D eigenvalue weighted by Gasteiger charge is -2.07. The third-order valence-electron chi connectivity index (χ3n) is 3.46. The summed E-state index contributed by atoms with van der Waals surface area (Å²) in [7, 11) is 0. The normalized spacial score (nSPS) is 10.6. The van der Waals surface area contributed by atoms with E-state index in [-0.39, 0.29) is 12.3 Å². The maximum absolute atomic E-state index is 13.6. The van der Waals surface area contributed by atoms with Crippen molar-refractivity contribution in [2.24, 2.45) is 0 Å². The Balaban J connectivity index is 1.76. The van der Waals surface area contributed by atoms with Gasteiger partial charge < -0.3 is 5.32 Å². The van der Waals surface area contributed by atoms with Gasteiger partial charge in [-0.05, 0) is 31.5 Å². The summed E-state index contributed by atoms with van der Waals surface area (Å²) >= 11 is 0. The molecule has 7 heteroatoms. The molecule has 1 N–H and O–H groups in total. The summed E-state index contributed by atoms with van der Waals surface area (Å²) < 4.78 is 15.3. The molecule has 0 fully saturated rings. The number of halogens is 1. The summed E-state index contributed by atoms with van der Waals surface area (Å²) in [5, 5.41) is 7.00. The minimum Gasteiger partial charge on any atom is -0.310 e. The highest BCUT2D eigenvalue weighted by Crippen LogP contribution is 2.13. The first kappa shape index (κ1) is 15.8. The number of anilines is 1. The van der Waals surface area contributed by atoms with E-state index in [9.17, 15) is 9.18 Å². The summed E-state index contributed by atoms with van der Waals surface area (Å²) in [6, 6.07) is 9.74. The molecule has 2 heterocycles. The van der Waals surface area contributed by atoms with Crippen LogP contribution < -0.4 is 5.32 Å². The first-order valence-electron chi connectivity index (χ1n) is 7.42. The smallest absolute Gasteiger partial charge is 0.230 e. The lowest BCUT2D eigenvalue weighted by atomic mass is 10.1. The summed E-state index contributed by atoms with van der Waals surface area (Å²) in [4.78, 5) is 20.3. The van der Waals surface area contributed by atoms with Gasteiger partial charge >= 0.3 is 0 Å². The van der Waals surface area contributed by atoms with E-state index in [2.05, 4.69) is 20.4 Å². The third-order valence-corrected chi connectivity index (χ3v) is 3.46. The SMILES string of the molecule is Cc1cc(C)n(-c2cc(NC(=O)Cc3ccccc3F)ncn2)n1. The second-order valence-electron chi connectivity index (χ2n) is 5.42. The van der Waals surface area contributed by atoms with Crippen molar-refractivity contribution in [3.8, 4) is 5.82 Å². The average molecular weight is 325 g/mol. The lowest BCUT2D eigenvalue weighted by Crippen LogP contribution is -2.16. The molecular formula is C17H16FN5O. The van der Waals surface area contributed by atoms with Crippen LogP contribution in [0.3, 0.4) is 0 Å². The molecule has 2 aromatic heterocycles. The molecule has 0 bridgehead atoms. The van der Waals surface area contributed by atoms with E-state index in [1.165, 1.54) is 12.4 Å². The van der Waals surface area contributed by atoms with Crippen LogP contribution in [0.4, 0.5) is 10.2 Å². The monoisotopic (exact) mass is 325 g/mol. The van der Waals surface area contributed by atoms with E-state index in [1.807, 2.05) is 19.9 Å². The van der Waals surface area contributed by atoms with Crippen molar-refractivity contribution in [2.45, 2.75) is 20.3 Å². The number of nitrogens with zero attached hydrogens (tertiary/aromatic N) is 4. The van der Waals surface area contributed by atoms with Gasteiger partial charge in [0.15, 0.2) is 5.82 Å². The molecule has 0 spiro atoms. The number of aryl methyl sites for hydroxylation is 2. The molecule has 3 aromatic rings. The Hall–Kier alpha value is -3.09. The number of hydrogen-bond donors (Lipinski definition) is 1. The van der Waals surface area contributed by atoms with Crippen molar-refractivity contribution in [1.29, 1.82) is 0 Å². The maximum Gasteiger partial charge on any atom is 0.230 e. The molecular weight excluding hydrogens is 309 g/mol. The van der Waals surface area contributed by atoms with Crippen LogP contribution in [0.1, 0.15) is 17.0 Å². The highest BCUT2D eigenvalue weighted by atomic mass is 19.1. The number of rotatable bonds is 4. The van der Waals surface area contributed by atoms with Gasteiger partial charge in [-0.25, -0.2) is 19.0 Å². The quantitative estimate of drug-likeness (QED) is 0.800. The van der Waals surface area contributed by atoms with E-state index in [1.54, 1.807) is 28.9 Å². The number of hydrogen-bond acceptors (Lipinski definition) is 4. The van der Waals surface area contributed by atoms with Crippen LogP contribution in [0.25, 0.3) is 5.82 Å². The van der Waals surface area contributed by atoms with Crippen LogP contribution in [-0.4, -0.2) is 25.7 Å². The first-order chi connectivity index (χ1) is 11.5. The van der Waals surface area contributed by atoms with E-state index in [0.717, 1.165) is 11.4 Å². The van der Waals surface area contributed by atoms with Crippen molar-refractivity contribution in [1.82, 2.24) is 19.7 Å². The number of benzene rings is 1. The van der Waals surface area contributed by atoms with Gasteiger partial charge in [0, 0.05) is 11.8 Å². The molecule has 0 atom stereocenters. The van der Waals surface area contributed by atoms with Crippen molar-refractivity contribution >= 4 is 11.7 Å². The fourth-order valence-corrected chi connectivity index (χ4v) is 2.39. The largest absolute Gasteiger partial charge is 0.310 e. The fraction of sp³-hybridized carbons (Fsp3) is 0.176. The van der Waals surface area contributed by atoms with Crippen molar-refractivity contribution < 1.29 is 9.18 Å². The predicted molar refractivity (Wildman–Crippen MR) is 87.4 cm³/mol. The van der Waals surface area contributed by atoms with Crippen LogP contribution in [0.5, 0.6) is 0 Å². The summed E-state index contributed by atoms with van der Waals surface area (Å²) in [5.74, 6) is 0.141. The van der Waals surface area contributed by atoms with Crippen molar-refractivity contribution in [3.63, 3.8) is 0 Å². The molecule has 122 valence electrons. The Morgan fingerprint density at radius 1 is 1.21 bits per heavy atom. The van der Waals surface area contributed by atoms with Crippen LogP contribution in [0.15, 0.2) is 42.7 Å². The zero-order chi connectivity index (χ0) is 17.1. The van der Waals surface area contributed by atoms with Gasteiger partial charge in [0.05, 0.1) is 12.1 Å². The Morgan fingerprint density at radius 3 is 2.71 bits per heavy atom. The standard InChI is InChI=1S/C17H16FN5O/c1-11-7-12(2)23(22-11)16-9-15(19-10-20-16)21-17(24)8-13-5-3-4-6-14(13)18/h3-7,9-10H,8H2,1-2H3,(H,19,20,21,24). The Kier molecular flexibility index (Phi) is 4.33. The molecule has 3 rings (SSSR count). The van der Waals surface area contributed by atoms with Crippen molar-refractivity contribution in [2.75, 3.05) is 5.32 Å². The van der Waals surface area contributed by atoms with Crippen LogP contribution in [0, 0.1) is 19.7 Å². The second kappa shape index (κ2) is 6.57. The number of aromatic nitrogens is 4. The van der Waals surface area contributed by atoms with Gasteiger partial charge in [0.2, 0.25) is 5.91 Å². The van der Waals surface area contributed by atoms with Gasteiger partial charge in [-0.15, -0.1) is 0 Å². The van der Waals surface area contributed by atoms with E-state index >= 15 is 0 Å². The predicted octanol–water partition coefficient (Wildman–Crippen LogP) is 2.60. The summed E-state index contributed by atoms with van der Waals surface area (Å²) in [5.41, 5.74) is 2.13. The highest BCUT2D eigenvalue weighted by molar-refractivity contribution is 5.91. The molecule has 1 amide bonds. The van der Waals surface area contributed by atoms with E-state index in [4.69, 9.17) is 0 Å². The number of amides is 1. The highest BCUT2D eigenvalue weighted by Gasteiger charge is 2.11. The maximum atomic E-state index is 13.6. The molecule has 0 saturated carbocycles. The Labute approximate surface area is 138 Å². The minimum absolute atomic E-state index is 0.0636. The first-order valence-corrected chi connectivity index (χ1v) is 7.42. The van der Waals surface area contributed by atoms with Gasteiger partial charge in [0.1, 0.15) is 18.0 Å². The fourth-order valence-electron chi connectivity index (χ4n) is 2.39. The van der Waals surface area contributed by atoms with Crippen molar-refractivity contribution in [3.05, 3.63) is 65.5 Å². The molecule has 0 radical (unpaired) electrons.